The molecule has 0 heterocycles. The molecule has 0 unspecified atom stereocenters. The second kappa shape index (κ2) is 7.05. The van der Waals surface area contributed by atoms with Crippen LogP contribution >= 0.6 is 0 Å². The summed E-state index contributed by atoms with van der Waals surface area (Å²) in [6, 6.07) is 6.13. The number of hydrogen-bond acceptors (Lipinski definition) is 4. The molecule has 16 heavy (non-hydrogen) atoms. The fourth-order valence-corrected chi connectivity index (χ4v) is 1.23. The molecule has 0 amide bonds. The average Bonchev–Trinajstić information content (AvgIpc) is 2.29. The van der Waals surface area contributed by atoms with E-state index in [0.29, 0.717) is 24.4 Å². The maximum absolute atomic E-state index is 12.6. The van der Waals surface area contributed by atoms with Gasteiger partial charge in [0.05, 0.1) is 0 Å². The molecule has 0 aliphatic rings. The molecule has 0 fully saturated rings. The number of nitrogens with one attached hydrogen (secondary N) is 1. The topological polar surface area (TPSA) is 55.4 Å². The number of halogens is 1. The Balaban J connectivity index is 2.19. The van der Waals surface area contributed by atoms with Gasteiger partial charge in [-0.05, 0) is 24.1 Å². The predicted molar refractivity (Wildman–Crippen MR) is 58.9 cm³/mol. The van der Waals surface area contributed by atoms with Crippen LogP contribution in [0.4, 0.5) is 4.39 Å². The summed E-state index contributed by atoms with van der Waals surface area (Å²) in [6.45, 7) is 0.612. The molecule has 1 aromatic rings. The lowest BCUT2D eigenvalue weighted by Crippen LogP contribution is -2.35. The first kappa shape index (κ1) is 12.8. The third-order valence-electron chi connectivity index (χ3n) is 2.07. The van der Waals surface area contributed by atoms with E-state index in [0.717, 1.165) is 5.56 Å². The first-order chi connectivity index (χ1) is 7.72. The van der Waals surface area contributed by atoms with Gasteiger partial charge in [-0.3, -0.25) is 5.43 Å². The maximum Gasteiger partial charge on any atom is 0.123 e. The molecule has 0 saturated carbocycles. The minimum Gasteiger partial charge on any atom is -0.772 e. The van der Waals surface area contributed by atoms with E-state index in [1.165, 1.54) is 12.1 Å². The molecule has 5 heteroatoms. The summed E-state index contributed by atoms with van der Waals surface area (Å²) in [7, 11) is 0. The zero-order chi connectivity index (χ0) is 11.8. The van der Waals surface area contributed by atoms with Crippen molar-refractivity contribution in [1.82, 2.24) is 10.6 Å². The molecule has 0 spiro atoms. The van der Waals surface area contributed by atoms with Crippen LogP contribution in [0.15, 0.2) is 24.3 Å². The van der Waals surface area contributed by atoms with E-state index in [4.69, 9.17) is 0 Å². The van der Waals surface area contributed by atoms with Crippen molar-refractivity contribution in [3.8, 4) is 0 Å². The molecule has 1 N–H and O–H groups in total. The van der Waals surface area contributed by atoms with Gasteiger partial charge in [-0.25, -0.2) is 4.39 Å². The normalized spacial score (nSPS) is 10.7. The number of rotatable bonds is 7. The predicted octanol–water partition coefficient (Wildman–Crippen LogP) is 1.26. The zero-order valence-corrected chi connectivity index (χ0v) is 8.86. The van der Waals surface area contributed by atoms with E-state index in [1.54, 1.807) is 12.1 Å². The van der Waals surface area contributed by atoms with Crippen LogP contribution in [0.3, 0.4) is 0 Å². The number of carbonyl (C=O) groups is 1. The van der Waals surface area contributed by atoms with Crippen molar-refractivity contribution >= 4 is 6.29 Å². The summed E-state index contributed by atoms with van der Waals surface area (Å²) in [4.78, 5) is 10.0. The van der Waals surface area contributed by atoms with E-state index in [2.05, 4.69) is 5.43 Å². The van der Waals surface area contributed by atoms with Crippen LogP contribution in [-0.2, 0) is 11.2 Å². The van der Waals surface area contributed by atoms with Crippen molar-refractivity contribution in [3.63, 3.8) is 0 Å². The van der Waals surface area contributed by atoms with Gasteiger partial charge in [0, 0.05) is 19.5 Å². The monoisotopic (exact) mass is 225 g/mol. The molecule has 1 aromatic carbocycles. The molecule has 1 rings (SSSR count). The number of hydrogen-bond donors (Lipinski definition) is 1. The Morgan fingerprint density at radius 3 is 2.69 bits per heavy atom. The summed E-state index contributed by atoms with van der Waals surface area (Å²) in [6.07, 6.45) is 1.56. The Labute approximate surface area is 93.6 Å². The average molecular weight is 225 g/mol. The van der Waals surface area contributed by atoms with E-state index in [1.807, 2.05) is 0 Å². The third kappa shape index (κ3) is 4.97. The molecule has 0 bridgehead atoms. The first-order valence-electron chi connectivity index (χ1n) is 5.08. The van der Waals surface area contributed by atoms with Gasteiger partial charge in [-0.1, -0.05) is 12.1 Å². The van der Waals surface area contributed by atoms with Crippen molar-refractivity contribution in [2.75, 3.05) is 13.1 Å². The summed E-state index contributed by atoms with van der Waals surface area (Å²) in [5, 5.41) is 11.7. The van der Waals surface area contributed by atoms with Crippen molar-refractivity contribution in [1.29, 1.82) is 0 Å². The largest absolute Gasteiger partial charge is 0.772 e. The second-order valence-electron chi connectivity index (χ2n) is 3.34. The highest BCUT2D eigenvalue weighted by atomic mass is 19.1. The Hall–Kier alpha value is -1.30. The van der Waals surface area contributed by atoms with E-state index in [9.17, 15) is 14.4 Å². The van der Waals surface area contributed by atoms with Crippen LogP contribution in [0.5, 0.6) is 0 Å². The summed E-state index contributed by atoms with van der Waals surface area (Å²) in [5.74, 6) is -0.270. The third-order valence-corrected chi connectivity index (χ3v) is 2.07. The summed E-state index contributed by atoms with van der Waals surface area (Å²) in [5.41, 5.74) is 3.56. The van der Waals surface area contributed by atoms with Crippen molar-refractivity contribution in [2.24, 2.45) is 0 Å². The van der Waals surface area contributed by atoms with Crippen LogP contribution in [0.25, 0.3) is 0 Å². The second-order valence-corrected chi connectivity index (χ2v) is 3.34. The minimum atomic E-state index is -0.270. The van der Waals surface area contributed by atoms with Crippen molar-refractivity contribution in [3.05, 3.63) is 40.9 Å². The van der Waals surface area contributed by atoms with Crippen molar-refractivity contribution in [2.45, 2.75) is 12.8 Å². The van der Waals surface area contributed by atoms with Gasteiger partial charge >= 0.3 is 0 Å². The van der Waals surface area contributed by atoms with Gasteiger partial charge in [-0.2, -0.15) is 0 Å². The maximum atomic E-state index is 12.6. The van der Waals surface area contributed by atoms with E-state index < -0.39 is 0 Å². The Bertz CT molecular complexity index is 316. The molecule has 0 aliphatic carbocycles. The van der Waals surface area contributed by atoms with Crippen LogP contribution < -0.4 is 5.43 Å². The van der Waals surface area contributed by atoms with E-state index in [-0.39, 0.29) is 18.8 Å². The van der Waals surface area contributed by atoms with Gasteiger partial charge in [0.1, 0.15) is 12.1 Å². The highest BCUT2D eigenvalue weighted by Gasteiger charge is 1.95. The van der Waals surface area contributed by atoms with Crippen molar-refractivity contribution < 1.29 is 9.18 Å². The fraction of sp³-hybridized carbons (Fsp3) is 0.364. The SMILES string of the molecule is O=CCCN([O-])NCCc1ccc(F)cc1. The van der Waals surface area contributed by atoms with E-state index >= 15 is 0 Å². The standard InChI is InChI=1S/C11H14FN2O2/c12-11-4-2-10(3-5-11)6-7-13-14(16)8-1-9-15/h2-5,9,13H,1,6-8H2/q-1. The lowest BCUT2D eigenvalue weighted by molar-refractivity contribution is -0.108. The fourth-order valence-electron chi connectivity index (χ4n) is 1.23. The van der Waals surface area contributed by atoms with Gasteiger partial charge in [0.15, 0.2) is 0 Å². The minimum absolute atomic E-state index is 0.146. The van der Waals surface area contributed by atoms with Crippen LogP contribution in [0.1, 0.15) is 12.0 Å². The van der Waals surface area contributed by atoms with Crippen LogP contribution in [0.2, 0.25) is 0 Å². The summed E-state index contributed by atoms with van der Waals surface area (Å²) < 4.78 is 12.6. The van der Waals surface area contributed by atoms with Crippen LogP contribution in [-0.4, -0.2) is 24.5 Å². The Morgan fingerprint density at radius 2 is 2.06 bits per heavy atom. The number of benzene rings is 1. The first-order valence-corrected chi connectivity index (χ1v) is 5.08. The molecule has 0 aliphatic heterocycles. The number of carbonyl (C=O) groups excluding carboxylic acids is 1. The molecule has 4 nitrogen and oxygen atoms in total. The number of aldehydes is 1. The highest BCUT2D eigenvalue weighted by molar-refractivity contribution is 5.49. The smallest absolute Gasteiger partial charge is 0.123 e. The number of hydroxylamine groups is 1. The van der Waals surface area contributed by atoms with Gasteiger partial charge in [-0.15, -0.1) is 0 Å². The molecular weight excluding hydrogens is 211 g/mol. The molecule has 0 aromatic heterocycles. The Morgan fingerprint density at radius 1 is 1.38 bits per heavy atom. The number of nitrogens with zero attached hydrogens (tertiary/aromatic N) is 1. The van der Waals surface area contributed by atoms with Crippen LogP contribution in [0, 0.1) is 11.0 Å². The quantitative estimate of drug-likeness (QED) is 0.560. The highest BCUT2D eigenvalue weighted by Crippen LogP contribution is 2.02. The summed E-state index contributed by atoms with van der Waals surface area (Å²) >= 11 is 0. The Kier molecular flexibility index (Phi) is 5.63. The lowest BCUT2D eigenvalue weighted by Gasteiger charge is -2.27. The number of hydrazine groups is 1. The lowest BCUT2D eigenvalue weighted by atomic mass is 10.1. The van der Waals surface area contributed by atoms with Gasteiger partial charge in [0.2, 0.25) is 0 Å². The molecule has 0 radical (unpaired) electrons. The van der Waals surface area contributed by atoms with Gasteiger partial charge < -0.3 is 15.2 Å². The zero-order valence-electron chi connectivity index (χ0n) is 8.86. The molecule has 88 valence electrons. The molecule has 0 atom stereocenters. The van der Waals surface area contributed by atoms with Gasteiger partial charge in [0.25, 0.3) is 0 Å². The molecular formula is C11H14FN2O2-. The molecule has 0 saturated heterocycles.